The summed E-state index contributed by atoms with van der Waals surface area (Å²) in [6, 6.07) is 8.27. The molecular weight excluding hydrogens is 236 g/mol. The molecule has 0 bridgehead atoms. The van der Waals surface area contributed by atoms with Gasteiger partial charge in [-0.25, -0.2) is 0 Å². The van der Waals surface area contributed by atoms with E-state index >= 15 is 0 Å². The average Bonchev–Trinajstić information content (AvgIpc) is 2.94. The van der Waals surface area contributed by atoms with Gasteiger partial charge in [0.2, 0.25) is 0 Å². The fourth-order valence-corrected chi connectivity index (χ4v) is 2.49. The van der Waals surface area contributed by atoms with Crippen LogP contribution in [0, 0.1) is 0 Å². The fraction of sp³-hybridized carbons (Fsp3) is 0.412. The number of aliphatic hydroxyl groups excluding tert-OH is 1. The van der Waals surface area contributed by atoms with E-state index in [0.29, 0.717) is 0 Å². The van der Waals surface area contributed by atoms with Crippen molar-refractivity contribution in [2.24, 2.45) is 0 Å². The number of benzene rings is 1. The number of aliphatic hydroxyl groups is 1. The summed E-state index contributed by atoms with van der Waals surface area (Å²) in [7, 11) is 0. The molecule has 0 saturated heterocycles. The molecule has 1 heterocycles. The Hall–Kier alpha value is -1.54. The zero-order chi connectivity index (χ0) is 13.8. The SMILES string of the molecule is CCc1ccc(CC)c(C(O)c2ccoc2CC)c1. The van der Waals surface area contributed by atoms with Gasteiger partial charge in [0, 0.05) is 12.0 Å². The summed E-state index contributed by atoms with van der Waals surface area (Å²) in [6.07, 6.45) is 3.78. The van der Waals surface area contributed by atoms with Crippen molar-refractivity contribution < 1.29 is 9.52 Å². The summed E-state index contributed by atoms with van der Waals surface area (Å²) in [4.78, 5) is 0. The lowest BCUT2D eigenvalue weighted by Gasteiger charge is -2.16. The molecule has 0 radical (unpaired) electrons. The van der Waals surface area contributed by atoms with E-state index in [1.165, 1.54) is 11.1 Å². The number of aryl methyl sites for hydroxylation is 3. The molecule has 0 aliphatic rings. The van der Waals surface area contributed by atoms with Crippen molar-refractivity contribution in [2.45, 2.75) is 46.1 Å². The molecule has 19 heavy (non-hydrogen) atoms. The predicted molar refractivity (Wildman–Crippen MR) is 77.3 cm³/mol. The van der Waals surface area contributed by atoms with Gasteiger partial charge >= 0.3 is 0 Å². The van der Waals surface area contributed by atoms with Crippen LogP contribution in [0.15, 0.2) is 34.9 Å². The molecule has 1 N–H and O–H groups in total. The molecule has 0 saturated carbocycles. The van der Waals surface area contributed by atoms with Crippen molar-refractivity contribution in [1.29, 1.82) is 0 Å². The van der Waals surface area contributed by atoms with E-state index in [-0.39, 0.29) is 0 Å². The van der Waals surface area contributed by atoms with Crippen LogP contribution in [0.5, 0.6) is 0 Å². The van der Waals surface area contributed by atoms with E-state index in [1.807, 2.05) is 13.0 Å². The smallest absolute Gasteiger partial charge is 0.109 e. The van der Waals surface area contributed by atoms with Crippen LogP contribution in [0.4, 0.5) is 0 Å². The van der Waals surface area contributed by atoms with Gasteiger partial charge in [-0.05, 0) is 35.6 Å². The molecule has 1 aromatic heterocycles. The number of hydrogen-bond donors (Lipinski definition) is 1. The molecule has 2 rings (SSSR count). The van der Waals surface area contributed by atoms with Crippen LogP contribution >= 0.6 is 0 Å². The Bertz CT molecular complexity index is 540. The third-order valence-corrected chi connectivity index (χ3v) is 3.69. The molecule has 0 aliphatic heterocycles. The van der Waals surface area contributed by atoms with Gasteiger partial charge in [0.05, 0.1) is 6.26 Å². The van der Waals surface area contributed by atoms with Crippen LogP contribution in [0.3, 0.4) is 0 Å². The van der Waals surface area contributed by atoms with E-state index in [4.69, 9.17) is 4.42 Å². The van der Waals surface area contributed by atoms with Crippen LogP contribution in [-0.4, -0.2) is 5.11 Å². The minimum atomic E-state index is -0.588. The zero-order valence-electron chi connectivity index (χ0n) is 11.9. The molecule has 1 unspecified atom stereocenters. The molecule has 2 nitrogen and oxygen atoms in total. The van der Waals surface area contributed by atoms with Gasteiger partial charge in [0.15, 0.2) is 0 Å². The van der Waals surface area contributed by atoms with Gasteiger partial charge in [0.1, 0.15) is 11.9 Å². The quantitative estimate of drug-likeness (QED) is 0.877. The Labute approximate surface area is 115 Å². The minimum absolute atomic E-state index is 0.588. The van der Waals surface area contributed by atoms with Crippen molar-refractivity contribution in [3.05, 3.63) is 58.5 Å². The second kappa shape index (κ2) is 6.07. The second-order valence-corrected chi connectivity index (χ2v) is 4.80. The Morgan fingerprint density at radius 2 is 1.79 bits per heavy atom. The molecule has 102 valence electrons. The van der Waals surface area contributed by atoms with Crippen LogP contribution < -0.4 is 0 Å². The number of rotatable bonds is 5. The van der Waals surface area contributed by atoms with Crippen molar-refractivity contribution in [2.75, 3.05) is 0 Å². The van der Waals surface area contributed by atoms with Gasteiger partial charge in [-0.15, -0.1) is 0 Å². The largest absolute Gasteiger partial charge is 0.469 e. The maximum Gasteiger partial charge on any atom is 0.109 e. The maximum absolute atomic E-state index is 10.7. The van der Waals surface area contributed by atoms with Gasteiger partial charge < -0.3 is 9.52 Å². The van der Waals surface area contributed by atoms with E-state index in [9.17, 15) is 5.11 Å². The number of furan rings is 1. The van der Waals surface area contributed by atoms with Gasteiger partial charge in [-0.3, -0.25) is 0 Å². The van der Waals surface area contributed by atoms with Crippen molar-refractivity contribution in [3.8, 4) is 0 Å². The third-order valence-electron chi connectivity index (χ3n) is 3.69. The Morgan fingerprint density at radius 3 is 2.42 bits per heavy atom. The van der Waals surface area contributed by atoms with E-state index in [2.05, 4.69) is 32.0 Å². The highest BCUT2D eigenvalue weighted by Crippen LogP contribution is 2.29. The first-order valence-electron chi connectivity index (χ1n) is 7.07. The lowest BCUT2D eigenvalue weighted by molar-refractivity contribution is 0.216. The predicted octanol–water partition coefficient (Wildman–Crippen LogP) is 4.05. The highest BCUT2D eigenvalue weighted by Gasteiger charge is 2.19. The molecular formula is C17H22O2. The lowest BCUT2D eigenvalue weighted by atomic mass is 9.93. The van der Waals surface area contributed by atoms with Crippen molar-refractivity contribution >= 4 is 0 Å². The van der Waals surface area contributed by atoms with E-state index < -0.39 is 6.10 Å². The fourth-order valence-electron chi connectivity index (χ4n) is 2.49. The van der Waals surface area contributed by atoms with Gasteiger partial charge in [0.25, 0.3) is 0 Å². The molecule has 0 aliphatic carbocycles. The molecule has 2 heteroatoms. The van der Waals surface area contributed by atoms with E-state index in [0.717, 1.165) is 36.1 Å². The summed E-state index contributed by atoms with van der Waals surface area (Å²) in [6.45, 7) is 6.29. The first-order valence-corrected chi connectivity index (χ1v) is 7.07. The van der Waals surface area contributed by atoms with Gasteiger partial charge in [-0.1, -0.05) is 39.0 Å². The van der Waals surface area contributed by atoms with Crippen LogP contribution in [0.1, 0.15) is 54.9 Å². The van der Waals surface area contributed by atoms with E-state index in [1.54, 1.807) is 6.26 Å². The summed E-state index contributed by atoms with van der Waals surface area (Å²) in [5.41, 5.74) is 4.36. The molecule has 1 aromatic carbocycles. The zero-order valence-corrected chi connectivity index (χ0v) is 11.9. The summed E-state index contributed by atoms with van der Waals surface area (Å²) < 4.78 is 5.43. The number of hydrogen-bond acceptors (Lipinski definition) is 2. The van der Waals surface area contributed by atoms with Gasteiger partial charge in [-0.2, -0.15) is 0 Å². The topological polar surface area (TPSA) is 33.4 Å². The standard InChI is InChI=1S/C17H22O2/c1-4-12-7-8-13(5-2)15(11-12)17(18)14-9-10-19-16(14)6-3/h7-11,17-18H,4-6H2,1-3H3. The minimum Gasteiger partial charge on any atom is -0.469 e. The van der Waals surface area contributed by atoms with Crippen LogP contribution in [0.25, 0.3) is 0 Å². The van der Waals surface area contributed by atoms with Crippen molar-refractivity contribution in [3.63, 3.8) is 0 Å². The average molecular weight is 258 g/mol. The molecule has 0 fully saturated rings. The molecule has 0 amide bonds. The molecule has 0 spiro atoms. The third kappa shape index (κ3) is 2.74. The summed E-state index contributed by atoms with van der Waals surface area (Å²) >= 11 is 0. The van der Waals surface area contributed by atoms with Crippen LogP contribution in [-0.2, 0) is 19.3 Å². The Kier molecular flexibility index (Phi) is 4.43. The summed E-state index contributed by atoms with van der Waals surface area (Å²) in [5.74, 6) is 0.872. The monoisotopic (exact) mass is 258 g/mol. The normalized spacial score (nSPS) is 12.6. The first kappa shape index (κ1) is 13.9. The van der Waals surface area contributed by atoms with Crippen LogP contribution in [0.2, 0.25) is 0 Å². The Balaban J connectivity index is 2.45. The highest BCUT2D eigenvalue weighted by molar-refractivity contribution is 5.39. The first-order chi connectivity index (χ1) is 9.21. The highest BCUT2D eigenvalue weighted by atomic mass is 16.3. The Morgan fingerprint density at radius 1 is 1.00 bits per heavy atom. The van der Waals surface area contributed by atoms with Crippen molar-refractivity contribution in [1.82, 2.24) is 0 Å². The molecule has 1 atom stereocenters. The maximum atomic E-state index is 10.7. The summed E-state index contributed by atoms with van der Waals surface area (Å²) in [5, 5.41) is 10.7. The lowest BCUT2D eigenvalue weighted by Crippen LogP contribution is -2.05. The molecule has 2 aromatic rings. The second-order valence-electron chi connectivity index (χ2n) is 4.80.